The molecule has 0 aromatic heterocycles. The molecule has 0 bridgehead atoms. The number of nitrogens with zero attached hydrogens (tertiary/aromatic N) is 1. The highest BCUT2D eigenvalue weighted by Crippen LogP contribution is 2.24. The molecule has 2 unspecified atom stereocenters. The van der Waals surface area contributed by atoms with Crippen molar-refractivity contribution >= 4 is 23.3 Å². The summed E-state index contributed by atoms with van der Waals surface area (Å²) in [5.74, 6) is -0.221. The number of rotatable bonds is 6. The molecule has 0 aliphatic carbocycles. The zero-order chi connectivity index (χ0) is 19.2. The van der Waals surface area contributed by atoms with E-state index >= 15 is 0 Å². The molecule has 3 N–H and O–H groups in total. The van der Waals surface area contributed by atoms with E-state index in [4.69, 9.17) is 11.6 Å². The van der Waals surface area contributed by atoms with Gasteiger partial charge in [0.25, 0.3) is 0 Å². The first-order valence-electron chi connectivity index (χ1n) is 9.05. The van der Waals surface area contributed by atoms with Crippen LogP contribution in [-0.2, 0) is 0 Å². The average Bonchev–Trinajstić information content (AvgIpc) is 3.13. The third-order valence-electron chi connectivity index (χ3n) is 4.74. The average molecular weight is 391 g/mol. The Kier molecular flexibility index (Phi) is 6.66. The summed E-state index contributed by atoms with van der Waals surface area (Å²) in [5, 5.41) is 3.49. The number of benzene rings is 2. The number of nitrogens with one attached hydrogen (secondary N) is 3. The van der Waals surface area contributed by atoms with Gasteiger partial charge in [-0.3, -0.25) is 10.9 Å². The number of urea groups is 1. The van der Waals surface area contributed by atoms with E-state index in [2.05, 4.69) is 16.2 Å². The number of hydrogen-bond donors (Lipinski definition) is 3. The molecule has 0 spiro atoms. The zero-order valence-electron chi connectivity index (χ0n) is 15.2. The first kappa shape index (κ1) is 19.6. The summed E-state index contributed by atoms with van der Waals surface area (Å²) in [7, 11) is 1.78. The van der Waals surface area contributed by atoms with E-state index in [0.717, 1.165) is 30.5 Å². The van der Waals surface area contributed by atoms with Gasteiger partial charge in [0.05, 0.1) is 0 Å². The maximum atomic E-state index is 13.0. The molecule has 0 saturated carbocycles. The van der Waals surface area contributed by atoms with Crippen molar-refractivity contribution in [1.29, 1.82) is 0 Å². The van der Waals surface area contributed by atoms with E-state index in [1.54, 1.807) is 36.2 Å². The van der Waals surface area contributed by atoms with E-state index in [0.29, 0.717) is 17.6 Å². The van der Waals surface area contributed by atoms with Crippen LogP contribution in [0.25, 0.3) is 0 Å². The van der Waals surface area contributed by atoms with Crippen molar-refractivity contribution in [2.75, 3.05) is 18.9 Å². The monoisotopic (exact) mass is 390 g/mol. The molecule has 1 saturated heterocycles. The molecule has 2 amide bonds. The van der Waals surface area contributed by atoms with Gasteiger partial charge in [-0.15, -0.1) is 0 Å². The second-order valence-electron chi connectivity index (χ2n) is 6.83. The predicted molar refractivity (Wildman–Crippen MR) is 106 cm³/mol. The van der Waals surface area contributed by atoms with Crippen LogP contribution >= 0.6 is 11.6 Å². The minimum absolute atomic E-state index is 0.140. The quantitative estimate of drug-likeness (QED) is 0.688. The summed E-state index contributed by atoms with van der Waals surface area (Å²) in [6.45, 7) is 0.665. The molecule has 27 heavy (non-hydrogen) atoms. The van der Waals surface area contributed by atoms with Gasteiger partial charge < -0.3 is 10.2 Å². The van der Waals surface area contributed by atoms with Crippen LogP contribution in [0, 0.1) is 5.82 Å². The summed E-state index contributed by atoms with van der Waals surface area (Å²) in [5.41, 5.74) is 8.35. The Morgan fingerprint density at radius 3 is 2.59 bits per heavy atom. The van der Waals surface area contributed by atoms with Crippen LogP contribution in [0.4, 0.5) is 14.9 Å². The minimum Gasteiger partial charge on any atom is -0.328 e. The second kappa shape index (κ2) is 9.17. The molecule has 2 atom stereocenters. The van der Waals surface area contributed by atoms with Crippen molar-refractivity contribution in [3.8, 4) is 0 Å². The number of hydrazine groups is 1. The van der Waals surface area contributed by atoms with Crippen LogP contribution in [0.1, 0.15) is 30.9 Å². The lowest BCUT2D eigenvalue weighted by molar-refractivity contribution is 0.221. The molecule has 2 aromatic rings. The first-order chi connectivity index (χ1) is 13.0. The Hall–Kier alpha value is -2.15. The lowest BCUT2D eigenvalue weighted by Gasteiger charge is -2.19. The van der Waals surface area contributed by atoms with E-state index < -0.39 is 0 Å². The van der Waals surface area contributed by atoms with Crippen molar-refractivity contribution in [3.63, 3.8) is 0 Å². The van der Waals surface area contributed by atoms with Crippen LogP contribution < -0.4 is 16.2 Å². The Morgan fingerprint density at radius 2 is 1.89 bits per heavy atom. The molecule has 3 rings (SSSR count). The molecule has 7 heteroatoms. The summed E-state index contributed by atoms with van der Waals surface area (Å²) in [4.78, 5) is 13.9. The van der Waals surface area contributed by atoms with Gasteiger partial charge in [0.2, 0.25) is 0 Å². The van der Waals surface area contributed by atoms with Crippen molar-refractivity contribution < 1.29 is 9.18 Å². The largest absolute Gasteiger partial charge is 0.328 e. The molecule has 2 aromatic carbocycles. The van der Waals surface area contributed by atoms with E-state index in [9.17, 15) is 9.18 Å². The molecule has 1 heterocycles. The third-order valence-corrected chi connectivity index (χ3v) is 4.99. The number of hydrogen-bond acceptors (Lipinski definition) is 3. The van der Waals surface area contributed by atoms with Crippen molar-refractivity contribution in [1.82, 2.24) is 15.8 Å². The summed E-state index contributed by atoms with van der Waals surface area (Å²) in [6.07, 6.45) is 2.77. The van der Waals surface area contributed by atoms with Crippen molar-refractivity contribution in [2.45, 2.75) is 31.3 Å². The SMILES string of the molecule is CN(CCCC1CC(c2ccc(F)cc2)NN1)C(=O)Nc1ccc(Cl)cc1. The van der Waals surface area contributed by atoms with Crippen LogP contribution in [0.5, 0.6) is 0 Å². The Morgan fingerprint density at radius 1 is 1.19 bits per heavy atom. The maximum absolute atomic E-state index is 13.0. The predicted octanol–water partition coefficient (Wildman–Crippen LogP) is 4.33. The molecule has 0 radical (unpaired) electrons. The van der Waals surface area contributed by atoms with Gasteiger partial charge in [-0.2, -0.15) is 0 Å². The van der Waals surface area contributed by atoms with Crippen molar-refractivity contribution in [2.24, 2.45) is 0 Å². The Balaban J connectivity index is 1.38. The number of halogens is 2. The number of amides is 2. The van der Waals surface area contributed by atoms with Gasteiger partial charge in [0, 0.05) is 36.4 Å². The smallest absolute Gasteiger partial charge is 0.321 e. The molecule has 1 fully saturated rings. The van der Waals surface area contributed by atoms with Crippen LogP contribution in [0.3, 0.4) is 0 Å². The molecule has 1 aliphatic heterocycles. The van der Waals surface area contributed by atoms with Gasteiger partial charge >= 0.3 is 6.03 Å². The molecule has 1 aliphatic rings. The van der Waals surface area contributed by atoms with Gasteiger partial charge in [0.15, 0.2) is 0 Å². The fourth-order valence-electron chi connectivity index (χ4n) is 3.15. The summed E-state index contributed by atoms with van der Waals surface area (Å²) >= 11 is 5.85. The fourth-order valence-corrected chi connectivity index (χ4v) is 3.28. The lowest BCUT2D eigenvalue weighted by atomic mass is 10.00. The first-order valence-corrected chi connectivity index (χ1v) is 9.43. The highest BCUT2D eigenvalue weighted by molar-refractivity contribution is 6.30. The molecular formula is C20H24ClFN4O. The highest BCUT2D eigenvalue weighted by Gasteiger charge is 2.24. The van der Waals surface area contributed by atoms with Gasteiger partial charge in [-0.1, -0.05) is 23.7 Å². The topological polar surface area (TPSA) is 56.4 Å². The fraction of sp³-hybridized carbons (Fsp3) is 0.350. The number of anilines is 1. The van der Waals surface area contributed by atoms with Crippen LogP contribution in [-0.4, -0.2) is 30.6 Å². The zero-order valence-corrected chi connectivity index (χ0v) is 16.0. The molecular weight excluding hydrogens is 367 g/mol. The molecule has 5 nitrogen and oxygen atoms in total. The van der Waals surface area contributed by atoms with E-state index in [1.807, 2.05) is 12.1 Å². The second-order valence-corrected chi connectivity index (χ2v) is 7.26. The van der Waals surface area contributed by atoms with E-state index in [1.165, 1.54) is 12.1 Å². The third kappa shape index (κ3) is 5.66. The van der Waals surface area contributed by atoms with Gasteiger partial charge in [0.1, 0.15) is 5.82 Å². The summed E-state index contributed by atoms with van der Waals surface area (Å²) < 4.78 is 13.0. The minimum atomic E-state index is -0.221. The van der Waals surface area contributed by atoms with Crippen molar-refractivity contribution in [3.05, 3.63) is 64.9 Å². The van der Waals surface area contributed by atoms with Crippen LogP contribution in [0.2, 0.25) is 5.02 Å². The highest BCUT2D eigenvalue weighted by atomic mass is 35.5. The van der Waals surface area contributed by atoms with Gasteiger partial charge in [-0.25, -0.2) is 9.18 Å². The standard InChI is InChI=1S/C20H24ClFN4O/c1-26(20(27)23-17-10-6-15(21)7-11-17)12-2-3-18-13-19(25-24-18)14-4-8-16(22)9-5-14/h4-11,18-19,24-25H,2-3,12-13H2,1H3,(H,23,27). The lowest BCUT2D eigenvalue weighted by Crippen LogP contribution is -2.34. The Bertz CT molecular complexity index is 754. The Labute approximate surface area is 163 Å². The van der Waals surface area contributed by atoms with Crippen LogP contribution in [0.15, 0.2) is 48.5 Å². The summed E-state index contributed by atoms with van der Waals surface area (Å²) in [6, 6.07) is 14.0. The van der Waals surface area contributed by atoms with E-state index in [-0.39, 0.29) is 17.9 Å². The number of carbonyl (C=O) groups excluding carboxylic acids is 1. The maximum Gasteiger partial charge on any atom is 0.321 e. The normalized spacial score (nSPS) is 19.1. The molecule has 144 valence electrons. The number of carbonyl (C=O) groups is 1. The van der Waals surface area contributed by atoms with Gasteiger partial charge in [-0.05, 0) is 61.2 Å².